The van der Waals surface area contributed by atoms with Crippen molar-refractivity contribution in [2.24, 2.45) is 0 Å². The molecular weight excluding hydrogens is 198 g/mol. The van der Waals surface area contributed by atoms with Gasteiger partial charge in [-0.15, -0.1) is 0 Å². The number of rotatable bonds is 1. The largest absolute Gasteiger partial charge is 0.359 e. The maximum absolute atomic E-state index is 6.04. The summed E-state index contributed by atoms with van der Waals surface area (Å²) in [6.45, 7) is 4.27. The minimum atomic E-state index is -0.00123. The molecule has 2 aliphatic heterocycles. The van der Waals surface area contributed by atoms with Gasteiger partial charge in [-0.3, -0.25) is 4.90 Å². The summed E-state index contributed by atoms with van der Waals surface area (Å²) in [6.07, 6.45) is 3.78. The lowest BCUT2D eigenvalue weighted by Crippen LogP contribution is -2.46. The van der Waals surface area contributed by atoms with Crippen LogP contribution in [-0.2, 0) is 4.74 Å². The molecule has 2 atom stereocenters. The summed E-state index contributed by atoms with van der Waals surface area (Å²) in [5, 5.41) is 0. The molecule has 1 aromatic rings. The van der Waals surface area contributed by atoms with Crippen LogP contribution in [0.3, 0.4) is 0 Å². The molecule has 0 N–H and O–H groups in total. The van der Waals surface area contributed by atoms with Crippen molar-refractivity contribution in [3.63, 3.8) is 0 Å². The Hall–Kier alpha value is -0.860. The Morgan fingerprint density at radius 2 is 2.06 bits per heavy atom. The van der Waals surface area contributed by atoms with E-state index >= 15 is 0 Å². The molecule has 0 saturated carbocycles. The van der Waals surface area contributed by atoms with Crippen LogP contribution >= 0.6 is 0 Å². The van der Waals surface area contributed by atoms with Gasteiger partial charge < -0.3 is 4.74 Å². The fraction of sp³-hybridized carbons (Fsp3) is 0.571. The predicted molar refractivity (Wildman–Crippen MR) is 64.1 cm³/mol. The summed E-state index contributed by atoms with van der Waals surface area (Å²) in [5.41, 5.74) is 1.40. The van der Waals surface area contributed by atoms with Crippen molar-refractivity contribution >= 4 is 0 Å². The number of ether oxygens (including phenoxy) is 1. The maximum atomic E-state index is 6.04. The molecule has 16 heavy (non-hydrogen) atoms. The van der Waals surface area contributed by atoms with Gasteiger partial charge in [-0.05, 0) is 31.7 Å². The van der Waals surface area contributed by atoms with Crippen LogP contribution in [0.1, 0.15) is 37.8 Å². The van der Waals surface area contributed by atoms with E-state index in [0.717, 1.165) is 6.61 Å². The number of hydrogen-bond acceptors (Lipinski definition) is 2. The number of nitrogens with zero attached hydrogens (tertiary/aromatic N) is 1. The molecule has 2 fully saturated rings. The first-order chi connectivity index (χ1) is 7.80. The van der Waals surface area contributed by atoms with Gasteiger partial charge in [-0.25, -0.2) is 0 Å². The van der Waals surface area contributed by atoms with Crippen LogP contribution in [0, 0.1) is 0 Å². The third-order valence-electron chi connectivity index (χ3n) is 4.01. The highest BCUT2D eigenvalue weighted by atomic mass is 16.5. The average Bonchev–Trinajstić information content (AvgIpc) is 2.67. The summed E-state index contributed by atoms with van der Waals surface area (Å²) in [7, 11) is 0. The summed E-state index contributed by atoms with van der Waals surface area (Å²) >= 11 is 0. The molecule has 0 amide bonds. The normalized spacial score (nSPS) is 34.9. The molecule has 2 saturated heterocycles. The molecule has 2 heterocycles. The van der Waals surface area contributed by atoms with Gasteiger partial charge in [0.15, 0.2) is 0 Å². The van der Waals surface area contributed by atoms with E-state index in [1.807, 2.05) is 0 Å². The molecule has 2 aliphatic rings. The average molecular weight is 217 g/mol. The Balaban J connectivity index is 1.88. The molecule has 0 aliphatic carbocycles. The molecule has 2 nitrogen and oxygen atoms in total. The maximum Gasteiger partial charge on any atom is 0.119 e. The Labute approximate surface area is 97.2 Å². The standard InChI is InChI=1S/C14H19NO/c1-14-9-5-6-10-15(14)13(11-16-14)12-7-3-2-4-8-12/h2-4,7-8,13H,5-6,9-11H2,1H3/t13-,14-/m1/s1. The first kappa shape index (κ1) is 10.3. The van der Waals surface area contributed by atoms with Crippen molar-refractivity contribution in [2.45, 2.75) is 38.0 Å². The lowest BCUT2D eigenvalue weighted by atomic mass is 9.97. The van der Waals surface area contributed by atoms with E-state index in [2.05, 4.69) is 42.2 Å². The van der Waals surface area contributed by atoms with E-state index < -0.39 is 0 Å². The highest BCUT2D eigenvalue weighted by Crippen LogP contribution is 2.42. The van der Waals surface area contributed by atoms with Crippen molar-refractivity contribution in [1.82, 2.24) is 4.90 Å². The van der Waals surface area contributed by atoms with Crippen LogP contribution in [0.4, 0.5) is 0 Å². The number of piperidine rings is 1. The fourth-order valence-corrected chi connectivity index (χ4v) is 3.06. The zero-order chi connectivity index (χ0) is 11.0. The van der Waals surface area contributed by atoms with Gasteiger partial charge in [0.1, 0.15) is 5.72 Å². The Kier molecular flexibility index (Phi) is 2.49. The summed E-state index contributed by atoms with van der Waals surface area (Å²) in [6, 6.07) is 11.2. The van der Waals surface area contributed by atoms with E-state index in [-0.39, 0.29) is 5.72 Å². The minimum absolute atomic E-state index is 0.00123. The minimum Gasteiger partial charge on any atom is -0.359 e. The monoisotopic (exact) mass is 217 g/mol. The molecule has 2 heteroatoms. The van der Waals surface area contributed by atoms with Crippen LogP contribution in [0.5, 0.6) is 0 Å². The summed E-state index contributed by atoms with van der Waals surface area (Å²) in [5.74, 6) is 0. The van der Waals surface area contributed by atoms with Gasteiger partial charge in [0.25, 0.3) is 0 Å². The predicted octanol–water partition coefficient (Wildman–Crippen LogP) is 2.96. The zero-order valence-electron chi connectivity index (χ0n) is 9.86. The molecule has 3 rings (SSSR count). The van der Waals surface area contributed by atoms with Gasteiger partial charge in [0.05, 0.1) is 12.6 Å². The van der Waals surface area contributed by atoms with Gasteiger partial charge >= 0.3 is 0 Å². The second-order valence-corrected chi connectivity index (χ2v) is 5.06. The zero-order valence-corrected chi connectivity index (χ0v) is 9.86. The SMILES string of the molecule is C[C@@]12CCCCN1[C@@H](c1ccccc1)CO2. The Bertz CT molecular complexity index is 364. The van der Waals surface area contributed by atoms with E-state index in [1.165, 1.54) is 31.4 Å². The molecule has 0 aromatic heterocycles. The lowest BCUT2D eigenvalue weighted by molar-refractivity contribution is -0.0926. The van der Waals surface area contributed by atoms with Crippen molar-refractivity contribution in [2.75, 3.05) is 13.2 Å². The summed E-state index contributed by atoms with van der Waals surface area (Å²) < 4.78 is 6.04. The van der Waals surface area contributed by atoms with E-state index in [4.69, 9.17) is 4.74 Å². The summed E-state index contributed by atoms with van der Waals surface area (Å²) in [4.78, 5) is 2.55. The number of hydrogen-bond donors (Lipinski definition) is 0. The smallest absolute Gasteiger partial charge is 0.119 e. The van der Waals surface area contributed by atoms with E-state index in [1.54, 1.807) is 0 Å². The first-order valence-corrected chi connectivity index (χ1v) is 6.25. The van der Waals surface area contributed by atoms with Crippen LogP contribution in [-0.4, -0.2) is 23.8 Å². The van der Waals surface area contributed by atoms with Crippen LogP contribution in [0.2, 0.25) is 0 Å². The van der Waals surface area contributed by atoms with Crippen LogP contribution < -0.4 is 0 Å². The lowest BCUT2D eigenvalue weighted by Gasteiger charge is -2.40. The molecule has 1 aromatic carbocycles. The topological polar surface area (TPSA) is 12.5 Å². The molecule has 0 spiro atoms. The quantitative estimate of drug-likeness (QED) is 0.717. The van der Waals surface area contributed by atoms with Crippen LogP contribution in [0.15, 0.2) is 30.3 Å². The van der Waals surface area contributed by atoms with E-state index in [0.29, 0.717) is 6.04 Å². The van der Waals surface area contributed by atoms with Crippen LogP contribution in [0.25, 0.3) is 0 Å². The highest BCUT2D eigenvalue weighted by molar-refractivity contribution is 5.21. The highest BCUT2D eigenvalue weighted by Gasteiger charge is 2.45. The van der Waals surface area contributed by atoms with Gasteiger partial charge in [-0.1, -0.05) is 30.3 Å². The molecule has 0 radical (unpaired) electrons. The number of benzene rings is 1. The van der Waals surface area contributed by atoms with Crippen molar-refractivity contribution in [3.05, 3.63) is 35.9 Å². The molecule has 0 unspecified atom stereocenters. The second kappa shape index (κ2) is 3.86. The number of fused-ring (bicyclic) bond motifs is 1. The second-order valence-electron chi connectivity index (χ2n) is 5.06. The Morgan fingerprint density at radius 3 is 2.88 bits per heavy atom. The third kappa shape index (κ3) is 1.57. The van der Waals surface area contributed by atoms with Gasteiger partial charge in [0.2, 0.25) is 0 Å². The Morgan fingerprint density at radius 1 is 1.25 bits per heavy atom. The fourth-order valence-electron chi connectivity index (χ4n) is 3.06. The van der Waals surface area contributed by atoms with Gasteiger partial charge in [0, 0.05) is 6.54 Å². The molecule has 0 bridgehead atoms. The van der Waals surface area contributed by atoms with E-state index in [9.17, 15) is 0 Å². The third-order valence-corrected chi connectivity index (χ3v) is 4.01. The van der Waals surface area contributed by atoms with Crippen molar-refractivity contribution in [3.8, 4) is 0 Å². The van der Waals surface area contributed by atoms with Crippen molar-refractivity contribution < 1.29 is 4.74 Å². The molecular formula is C14H19NO. The first-order valence-electron chi connectivity index (χ1n) is 6.25. The van der Waals surface area contributed by atoms with Crippen molar-refractivity contribution in [1.29, 1.82) is 0 Å². The molecule has 86 valence electrons. The van der Waals surface area contributed by atoms with Gasteiger partial charge in [-0.2, -0.15) is 0 Å².